The van der Waals surface area contributed by atoms with E-state index in [-0.39, 0.29) is 11.9 Å². The lowest BCUT2D eigenvalue weighted by molar-refractivity contribution is 0.539. The number of benzene rings is 1. The van der Waals surface area contributed by atoms with E-state index >= 15 is 0 Å². The standard InChI is InChI=1S/C15H16F2N2/c16-11-4-5-13(17)10(8-11)9-19-7-6-12-14(18)2-1-3-15(12)19/h4-8,14H,1-3,9,18H2. The van der Waals surface area contributed by atoms with Gasteiger partial charge in [0, 0.05) is 23.5 Å². The van der Waals surface area contributed by atoms with Gasteiger partial charge in [-0.2, -0.15) is 0 Å². The van der Waals surface area contributed by atoms with Crippen LogP contribution < -0.4 is 5.73 Å². The summed E-state index contributed by atoms with van der Waals surface area (Å²) in [5.41, 5.74) is 8.73. The molecule has 0 radical (unpaired) electrons. The molecule has 100 valence electrons. The average molecular weight is 262 g/mol. The Morgan fingerprint density at radius 3 is 2.95 bits per heavy atom. The zero-order valence-corrected chi connectivity index (χ0v) is 10.6. The minimum atomic E-state index is -0.408. The molecule has 1 aliphatic carbocycles. The van der Waals surface area contributed by atoms with Crippen LogP contribution in [-0.4, -0.2) is 4.57 Å². The maximum Gasteiger partial charge on any atom is 0.128 e. The Kier molecular flexibility index (Phi) is 3.11. The fraction of sp³-hybridized carbons (Fsp3) is 0.333. The lowest BCUT2D eigenvalue weighted by Crippen LogP contribution is -2.18. The van der Waals surface area contributed by atoms with Gasteiger partial charge in [0.15, 0.2) is 0 Å². The molecule has 1 unspecified atom stereocenters. The van der Waals surface area contributed by atoms with Crippen LogP contribution in [-0.2, 0) is 13.0 Å². The summed E-state index contributed by atoms with van der Waals surface area (Å²) in [5, 5.41) is 0. The van der Waals surface area contributed by atoms with Crippen LogP contribution in [0.5, 0.6) is 0 Å². The Hall–Kier alpha value is -1.68. The van der Waals surface area contributed by atoms with Crippen molar-refractivity contribution in [2.24, 2.45) is 5.73 Å². The Balaban J connectivity index is 1.94. The maximum absolute atomic E-state index is 13.7. The Labute approximate surface area is 110 Å². The van der Waals surface area contributed by atoms with Gasteiger partial charge in [0.2, 0.25) is 0 Å². The lowest BCUT2D eigenvalue weighted by atomic mass is 9.93. The number of nitrogens with two attached hydrogens (primary N) is 1. The van der Waals surface area contributed by atoms with Gasteiger partial charge in [-0.05, 0) is 49.1 Å². The van der Waals surface area contributed by atoms with Crippen LogP contribution in [0.4, 0.5) is 8.78 Å². The van der Waals surface area contributed by atoms with Gasteiger partial charge >= 0.3 is 0 Å². The molecule has 0 saturated carbocycles. The molecule has 1 aliphatic rings. The third-order valence-electron chi connectivity index (χ3n) is 3.79. The largest absolute Gasteiger partial charge is 0.347 e. The third kappa shape index (κ3) is 2.28. The Morgan fingerprint density at radius 2 is 2.11 bits per heavy atom. The molecule has 0 spiro atoms. The fourth-order valence-corrected chi connectivity index (χ4v) is 2.79. The van der Waals surface area contributed by atoms with E-state index in [1.54, 1.807) is 0 Å². The normalized spacial score (nSPS) is 18.4. The van der Waals surface area contributed by atoms with Crippen LogP contribution in [0.15, 0.2) is 30.5 Å². The molecule has 1 aromatic carbocycles. The highest BCUT2D eigenvalue weighted by Gasteiger charge is 2.20. The number of nitrogens with zero attached hydrogens (tertiary/aromatic N) is 1. The number of hydrogen-bond donors (Lipinski definition) is 1. The summed E-state index contributed by atoms with van der Waals surface area (Å²) in [7, 11) is 0. The molecule has 2 nitrogen and oxygen atoms in total. The SMILES string of the molecule is NC1CCCc2c1ccn2Cc1cc(F)ccc1F. The molecule has 1 aromatic heterocycles. The number of aromatic nitrogens is 1. The second-order valence-corrected chi connectivity index (χ2v) is 5.08. The van der Waals surface area contributed by atoms with Gasteiger partial charge in [-0.3, -0.25) is 0 Å². The number of halogens is 2. The van der Waals surface area contributed by atoms with E-state index in [4.69, 9.17) is 5.73 Å². The van der Waals surface area contributed by atoms with Crippen LogP contribution in [0.25, 0.3) is 0 Å². The van der Waals surface area contributed by atoms with E-state index in [9.17, 15) is 8.78 Å². The Morgan fingerprint density at radius 1 is 1.26 bits per heavy atom. The summed E-state index contributed by atoms with van der Waals surface area (Å²) in [6, 6.07) is 5.63. The fourth-order valence-electron chi connectivity index (χ4n) is 2.79. The monoisotopic (exact) mass is 262 g/mol. The predicted octanol–water partition coefficient (Wildman–Crippen LogP) is 3.15. The molecule has 1 heterocycles. The zero-order chi connectivity index (χ0) is 13.4. The van der Waals surface area contributed by atoms with E-state index in [1.165, 1.54) is 12.1 Å². The van der Waals surface area contributed by atoms with Crippen LogP contribution in [0.2, 0.25) is 0 Å². The highest BCUT2D eigenvalue weighted by atomic mass is 19.1. The summed E-state index contributed by atoms with van der Waals surface area (Å²) in [4.78, 5) is 0. The van der Waals surface area contributed by atoms with E-state index in [1.807, 2.05) is 16.8 Å². The van der Waals surface area contributed by atoms with E-state index in [2.05, 4.69) is 0 Å². The predicted molar refractivity (Wildman–Crippen MR) is 69.8 cm³/mol. The second-order valence-electron chi connectivity index (χ2n) is 5.08. The van der Waals surface area contributed by atoms with Crippen molar-refractivity contribution in [2.75, 3.05) is 0 Å². The Bertz CT molecular complexity index is 604. The van der Waals surface area contributed by atoms with Gasteiger partial charge in [0.25, 0.3) is 0 Å². The van der Waals surface area contributed by atoms with Crippen LogP contribution >= 0.6 is 0 Å². The highest BCUT2D eigenvalue weighted by molar-refractivity contribution is 5.30. The summed E-state index contributed by atoms with van der Waals surface area (Å²) < 4.78 is 28.8. The molecule has 0 fully saturated rings. The molecule has 2 aromatic rings. The maximum atomic E-state index is 13.7. The lowest BCUT2D eigenvalue weighted by Gasteiger charge is -2.21. The molecule has 3 rings (SSSR count). The highest BCUT2D eigenvalue weighted by Crippen LogP contribution is 2.29. The second kappa shape index (κ2) is 4.78. The summed E-state index contributed by atoms with van der Waals surface area (Å²) in [6.45, 7) is 0.353. The zero-order valence-electron chi connectivity index (χ0n) is 10.6. The van der Waals surface area contributed by atoms with Crippen LogP contribution in [0.3, 0.4) is 0 Å². The van der Waals surface area contributed by atoms with Crippen molar-refractivity contribution in [1.29, 1.82) is 0 Å². The summed E-state index contributed by atoms with van der Waals surface area (Å²) in [5.74, 6) is -0.780. The van der Waals surface area contributed by atoms with E-state index in [0.29, 0.717) is 12.1 Å². The van der Waals surface area contributed by atoms with Crippen molar-refractivity contribution in [3.63, 3.8) is 0 Å². The van der Waals surface area contributed by atoms with Gasteiger partial charge in [-0.15, -0.1) is 0 Å². The molecule has 19 heavy (non-hydrogen) atoms. The van der Waals surface area contributed by atoms with Crippen LogP contribution in [0.1, 0.15) is 35.7 Å². The summed E-state index contributed by atoms with van der Waals surface area (Å²) >= 11 is 0. The molecular formula is C15H16F2N2. The van der Waals surface area contributed by atoms with Gasteiger partial charge in [0.05, 0.1) is 6.54 Å². The molecule has 4 heteroatoms. The van der Waals surface area contributed by atoms with Gasteiger partial charge in [0.1, 0.15) is 11.6 Å². The van der Waals surface area contributed by atoms with Crippen molar-refractivity contribution in [1.82, 2.24) is 4.57 Å². The number of rotatable bonds is 2. The van der Waals surface area contributed by atoms with Crippen molar-refractivity contribution in [2.45, 2.75) is 31.8 Å². The number of hydrogen-bond acceptors (Lipinski definition) is 1. The molecule has 1 atom stereocenters. The van der Waals surface area contributed by atoms with Gasteiger partial charge < -0.3 is 10.3 Å². The van der Waals surface area contributed by atoms with Crippen LogP contribution in [0, 0.1) is 11.6 Å². The average Bonchev–Trinajstić information content (AvgIpc) is 2.79. The van der Waals surface area contributed by atoms with Gasteiger partial charge in [-0.25, -0.2) is 8.78 Å². The first-order chi connectivity index (χ1) is 9.15. The first-order valence-electron chi connectivity index (χ1n) is 6.52. The minimum Gasteiger partial charge on any atom is -0.347 e. The minimum absolute atomic E-state index is 0.0716. The quantitative estimate of drug-likeness (QED) is 0.885. The van der Waals surface area contributed by atoms with Crippen molar-refractivity contribution >= 4 is 0 Å². The van der Waals surface area contributed by atoms with E-state index in [0.717, 1.165) is 36.6 Å². The number of fused-ring (bicyclic) bond motifs is 1. The van der Waals surface area contributed by atoms with E-state index < -0.39 is 5.82 Å². The topological polar surface area (TPSA) is 30.9 Å². The summed E-state index contributed by atoms with van der Waals surface area (Å²) in [6.07, 6.45) is 4.91. The smallest absolute Gasteiger partial charge is 0.128 e. The molecule has 0 aliphatic heterocycles. The molecule has 0 saturated heterocycles. The third-order valence-corrected chi connectivity index (χ3v) is 3.79. The first-order valence-corrected chi connectivity index (χ1v) is 6.52. The van der Waals surface area contributed by atoms with Crippen molar-refractivity contribution in [3.05, 3.63) is 58.9 Å². The van der Waals surface area contributed by atoms with Gasteiger partial charge in [-0.1, -0.05) is 0 Å². The molecule has 0 amide bonds. The van der Waals surface area contributed by atoms with Crippen molar-refractivity contribution < 1.29 is 8.78 Å². The first kappa shape index (κ1) is 12.4. The van der Waals surface area contributed by atoms with Crippen molar-refractivity contribution in [3.8, 4) is 0 Å². The molecular weight excluding hydrogens is 246 g/mol. The molecule has 0 bridgehead atoms. The molecule has 2 N–H and O–H groups in total.